The lowest BCUT2D eigenvalue weighted by Gasteiger charge is -2.31. The Kier molecular flexibility index (Phi) is 9.11. The largest absolute Gasteiger partial charge is 0.464 e. The number of esters is 1. The van der Waals surface area contributed by atoms with Gasteiger partial charge in [0.2, 0.25) is 5.91 Å². The van der Waals surface area contributed by atoms with Crippen LogP contribution >= 0.6 is 12.4 Å². The fourth-order valence-electron chi connectivity index (χ4n) is 3.16. The van der Waals surface area contributed by atoms with E-state index in [1.807, 2.05) is 19.9 Å². The summed E-state index contributed by atoms with van der Waals surface area (Å²) in [5.41, 5.74) is 6.82. The van der Waals surface area contributed by atoms with Crippen LogP contribution in [0.25, 0.3) is 0 Å². The van der Waals surface area contributed by atoms with Crippen LogP contribution in [0.15, 0.2) is 30.3 Å². The van der Waals surface area contributed by atoms with Gasteiger partial charge in [-0.1, -0.05) is 50.6 Å². The molecule has 1 aromatic carbocycles. The molecular formula is C20H31ClN2O5S. The van der Waals surface area contributed by atoms with Gasteiger partial charge in [0.25, 0.3) is 0 Å². The number of hydrogen-bond donors (Lipinski definition) is 2. The number of benzene rings is 1. The normalized spacial score (nSPS) is 20.7. The zero-order valence-electron chi connectivity index (χ0n) is 17.1. The Morgan fingerprint density at radius 3 is 2.48 bits per heavy atom. The molecule has 0 aromatic heterocycles. The van der Waals surface area contributed by atoms with E-state index in [-0.39, 0.29) is 37.1 Å². The molecule has 2 unspecified atom stereocenters. The zero-order valence-corrected chi connectivity index (χ0v) is 18.7. The van der Waals surface area contributed by atoms with E-state index in [1.165, 1.54) is 6.92 Å². The summed E-state index contributed by atoms with van der Waals surface area (Å²) in [6, 6.07) is 7.57. The standard InChI is InChI=1S/C20H30N2O5S.ClH/c1-4-14(2)16(21)13-28(25,26)20(3,12-15-8-6-5-7-9-15)19(24)22-17-10-11-27-18(17)23;/h5-9,14,16-17H,4,10-13,21H2,1-3H3,(H,22,24);1H/t14-,16?,17-,20?;/m0./s1. The molecule has 1 aromatic rings. The van der Waals surface area contributed by atoms with Crippen LogP contribution in [-0.2, 0) is 30.6 Å². The van der Waals surface area contributed by atoms with Gasteiger partial charge in [-0.15, -0.1) is 12.4 Å². The molecule has 4 atom stereocenters. The van der Waals surface area contributed by atoms with E-state index in [0.29, 0.717) is 6.42 Å². The highest BCUT2D eigenvalue weighted by Gasteiger charge is 2.48. The summed E-state index contributed by atoms with van der Waals surface area (Å²) in [6.07, 6.45) is 1.07. The first kappa shape index (κ1) is 25.4. The smallest absolute Gasteiger partial charge is 0.328 e. The zero-order chi connectivity index (χ0) is 20.9. The van der Waals surface area contributed by atoms with Crippen LogP contribution in [0.2, 0.25) is 0 Å². The van der Waals surface area contributed by atoms with Crippen molar-refractivity contribution in [2.24, 2.45) is 11.7 Å². The molecule has 7 nitrogen and oxygen atoms in total. The summed E-state index contributed by atoms with van der Waals surface area (Å²) in [7, 11) is -3.92. The van der Waals surface area contributed by atoms with E-state index >= 15 is 0 Å². The van der Waals surface area contributed by atoms with Gasteiger partial charge in [-0.25, -0.2) is 13.2 Å². The third-order valence-electron chi connectivity index (χ3n) is 5.58. The molecule has 0 aliphatic carbocycles. The first-order valence-electron chi connectivity index (χ1n) is 9.60. The van der Waals surface area contributed by atoms with E-state index < -0.39 is 38.5 Å². The molecular weight excluding hydrogens is 416 g/mol. The molecule has 1 amide bonds. The maximum Gasteiger partial charge on any atom is 0.328 e. The summed E-state index contributed by atoms with van der Waals surface area (Å²) >= 11 is 0. The van der Waals surface area contributed by atoms with Gasteiger partial charge in [-0.2, -0.15) is 0 Å². The second kappa shape index (κ2) is 10.4. The van der Waals surface area contributed by atoms with Crippen molar-refractivity contribution in [3.05, 3.63) is 35.9 Å². The first-order valence-corrected chi connectivity index (χ1v) is 11.3. The Labute approximate surface area is 179 Å². The summed E-state index contributed by atoms with van der Waals surface area (Å²) < 4.78 is 29.8. The van der Waals surface area contributed by atoms with Gasteiger partial charge in [0.05, 0.1) is 12.4 Å². The number of carbonyl (C=O) groups is 2. The van der Waals surface area contributed by atoms with E-state index in [9.17, 15) is 18.0 Å². The third kappa shape index (κ3) is 5.93. The molecule has 1 heterocycles. The van der Waals surface area contributed by atoms with Crippen LogP contribution in [0, 0.1) is 5.92 Å². The molecule has 1 fully saturated rings. The molecule has 0 radical (unpaired) electrons. The minimum Gasteiger partial charge on any atom is -0.464 e. The van der Waals surface area contributed by atoms with Crippen molar-refractivity contribution >= 4 is 34.1 Å². The van der Waals surface area contributed by atoms with Gasteiger partial charge in [0.15, 0.2) is 14.6 Å². The second-order valence-corrected chi connectivity index (χ2v) is 10.2. The van der Waals surface area contributed by atoms with Crippen molar-refractivity contribution < 1.29 is 22.7 Å². The highest BCUT2D eigenvalue weighted by molar-refractivity contribution is 7.93. The molecule has 0 spiro atoms. The van der Waals surface area contributed by atoms with Crippen LogP contribution in [0.5, 0.6) is 0 Å². The molecule has 1 aliphatic rings. The van der Waals surface area contributed by atoms with Crippen molar-refractivity contribution in [3.63, 3.8) is 0 Å². The molecule has 29 heavy (non-hydrogen) atoms. The van der Waals surface area contributed by atoms with Crippen LogP contribution in [0.4, 0.5) is 0 Å². The first-order chi connectivity index (χ1) is 13.1. The van der Waals surface area contributed by atoms with Crippen LogP contribution in [-0.4, -0.2) is 49.5 Å². The Morgan fingerprint density at radius 1 is 1.34 bits per heavy atom. The van der Waals surface area contributed by atoms with Gasteiger partial charge in [-0.05, 0) is 18.4 Å². The maximum absolute atomic E-state index is 13.3. The fourth-order valence-corrected chi connectivity index (χ4v) is 5.09. The fraction of sp³-hybridized carbons (Fsp3) is 0.600. The number of ether oxygens (including phenoxy) is 1. The molecule has 164 valence electrons. The molecule has 3 N–H and O–H groups in total. The Balaban J connectivity index is 0.00000420. The molecule has 1 aliphatic heterocycles. The third-order valence-corrected chi connectivity index (χ3v) is 8.10. The number of hydrogen-bond acceptors (Lipinski definition) is 6. The van der Waals surface area contributed by atoms with Crippen molar-refractivity contribution in [1.29, 1.82) is 0 Å². The monoisotopic (exact) mass is 446 g/mol. The topological polar surface area (TPSA) is 116 Å². The van der Waals surface area contributed by atoms with Crippen molar-refractivity contribution in [3.8, 4) is 0 Å². The maximum atomic E-state index is 13.3. The number of cyclic esters (lactones) is 1. The van der Waals surface area contributed by atoms with Crippen molar-refractivity contribution in [2.45, 2.75) is 56.9 Å². The van der Waals surface area contributed by atoms with E-state index in [0.717, 1.165) is 12.0 Å². The Hall–Kier alpha value is -1.64. The highest BCUT2D eigenvalue weighted by Crippen LogP contribution is 2.27. The van der Waals surface area contributed by atoms with Crippen LogP contribution in [0.1, 0.15) is 39.2 Å². The lowest BCUT2D eigenvalue weighted by Crippen LogP contribution is -2.57. The number of nitrogens with one attached hydrogen (secondary N) is 1. The summed E-state index contributed by atoms with van der Waals surface area (Å²) in [6.45, 7) is 5.46. The van der Waals surface area contributed by atoms with Gasteiger partial charge >= 0.3 is 5.97 Å². The summed E-state index contributed by atoms with van der Waals surface area (Å²) in [5.74, 6) is -1.53. The minimum absolute atomic E-state index is 0. The van der Waals surface area contributed by atoms with Crippen molar-refractivity contribution in [2.75, 3.05) is 12.4 Å². The summed E-state index contributed by atoms with van der Waals surface area (Å²) in [4.78, 5) is 24.8. The SMILES string of the molecule is CC[C@H](C)C(N)CS(=O)(=O)C(C)(Cc1ccccc1)C(=O)N[C@H]1CCOC1=O.Cl. The number of nitrogens with two attached hydrogens (primary N) is 1. The number of amides is 1. The molecule has 0 bridgehead atoms. The summed E-state index contributed by atoms with van der Waals surface area (Å²) in [5, 5.41) is 2.58. The van der Waals surface area contributed by atoms with E-state index in [4.69, 9.17) is 10.5 Å². The van der Waals surface area contributed by atoms with E-state index in [1.54, 1.807) is 24.3 Å². The van der Waals surface area contributed by atoms with Crippen molar-refractivity contribution in [1.82, 2.24) is 5.32 Å². The lowest BCUT2D eigenvalue weighted by atomic mass is 9.98. The second-order valence-electron chi connectivity index (χ2n) is 7.71. The van der Waals surface area contributed by atoms with Crippen LogP contribution in [0.3, 0.4) is 0 Å². The van der Waals surface area contributed by atoms with Gasteiger partial charge in [0.1, 0.15) is 6.04 Å². The molecule has 1 saturated heterocycles. The number of halogens is 1. The van der Waals surface area contributed by atoms with Gasteiger partial charge in [-0.3, -0.25) is 4.79 Å². The molecule has 0 saturated carbocycles. The van der Waals surface area contributed by atoms with E-state index in [2.05, 4.69) is 5.32 Å². The van der Waals surface area contributed by atoms with Gasteiger partial charge < -0.3 is 15.8 Å². The average molecular weight is 447 g/mol. The van der Waals surface area contributed by atoms with Crippen LogP contribution < -0.4 is 11.1 Å². The lowest BCUT2D eigenvalue weighted by molar-refractivity contribution is -0.141. The number of rotatable bonds is 9. The Morgan fingerprint density at radius 2 is 1.97 bits per heavy atom. The Bertz CT molecular complexity index is 802. The number of sulfone groups is 1. The quantitative estimate of drug-likeness (QED) is 0.557. The highest BCUT2D eigenvalue weighted by atomic mass is 35.5. The molecule has 9 heteroatoms. The predicted octanol–water partition coefficient (Wildman–Crippen LogP) is 1.63. The van der Waals surface area contributed by atoms with Gasteiger partial charge in [0, 0.05) is 18.9 Å². The minimum atomic E-state index is -3.92. The molecule has 2 rings (SSSR count). The number of carbonyl (C=O) groups excluding carboxylic acids is 2. The predicted molar refractivity (Wildman–Crippen MR) is 115 cm³/mol. The average Bonchev–Trinajstić information content (AvgIpc) is 3.05.